The fourth-order valence-corrected chi connectivity index (χ4v) is 3.17. The van der Waals surface area contributed by atoms with Crippen LogP contribution in [0.25, 0.3) is 11.0 Å². The van der Waals surface area contributed by atoms with Crippen molar-refractivity contribution in [2.75, 3.05) is 13.7 Å². The van der Waals surface area contributed by atoms with Gasteiger partial charge in [0.25, 0.3) is 0 Å². The van der Waals surface area contributed by atoms with E-state index in [9.17, 15) is 4.79 Å². The molecule has 3 rings (SSSR count). The van der Waals surface area contributed by atoms with Crippen LogP contribution in [0.15, 0.2) is 48.8 Å². The van der Waals surface area contributed by atoms with Crippen LogP contribution in [-0.4, -0.2) is 34.4 Å². The van der Waals surface area contributed by atoms with Crippen LogP contribution in [0, 0.1) is 0 Å². The van der Waals surface area contributed by atoms with Crippen LogP contribution in [-0.2, 0) is 11.2 Å². The van der Waals surface area contributed by atoms with E-state index in [0.29, 0.717) is 6.54 Å². The molecule has 0 aliphatic carbocycles. The average Bonchev–Trinajstić information content (AvgIpc) is 3.05. The van der Waals surface area contributed by atoms with Gasteiger partial charge in [-0.2, -0.15) is 0 Å². The first-order valence-corrected chi connectivity index (χ1v) is 8.42. The Labute approximate surface area is 147 Å². The summed E-state index contributed by atoms with van der Waals surface area (Å²) in [5.41, 5.74) is 3.12. The number of amides is 1. The van der Waals surface area contributed by atoms with E-state index in [1.807, 2.05) is 48.4 Å². The lowest BCUT2D eigenvalue weighted by Crippen LogP contribution is -2.33. The molecule has 0 aliphatic rings. The highest BCUT2D eigenvalue weighted by Crippen LogP contribution is 2.25. The third-order valence-electron chi connectivity index (χ3n) is 4.61. The Morgan fingerprint density at radius 3 is 2.92 bits per heavy atom. The second kappa shape index (κ2) is 7.38. The Kier molecular flexibility index (Phi) is 5.03. The molecular weight excluding hydrogens is 314 g/mol. The molecule has 3 aromatic rings. The van der Waals surface area contributed by atoms with Gasteiger partial charge in [-0.25, -0.2) is 4.98 Å². The summed E-state index contributed by atoms with van der Waals surface area (Å²) in [4.78, 5) is 21.6. The molecule has 0 radical (unpaired) electrons. The van der Waals surface area contributed by atoms with E-state index < -0.39 is 0 Å². The van der Waals surface area contributed by atoms with Crippen molar-refractivity contribution in [3.05, 3.63) is 59.9 Å². The van der Waals surface area contributed by atoms with Crippen LogP contribution >= 0.6 is 0 Å². The first kappa shape index (κ1) is 17.0. The molecule has 0 spiro atoms. The van der Waals surface area contributed by atoms with Crippen LogP contribution < -0.4 is 4.74 Å². The summed E-state index contributed by atoms with van der Waals surface area (Å²) < 4.78 is 5.30. The highest BCUT2D eigenvalue weighted by Gasteiger charge is 2.19. The number of H-pyrrole nitrogens is 1. The van der Waals surface area contributed by atoms with Gasteiger partial charge in [0.2, 0.25) is 5.91 Å². The number of ether oxygens (including phenoxy) is 1. The number of carbonyl (C=O) groups excluding carboxylic acids is 1. The number of methoxy groups -OCH3 is 1. The van der Waals surface area contributed by atoms with Crippen LogP contribution in [0.1, 0.15) is 31.0 Å². The first-order valence-electron chi connectivity index (χ1n) is 8.42. The van der Waals surface area contributed by atoms with E-state index in [2.05, 4.69) is 16.0 Å². The fourth-order valence-electron chi connectivity index (χ4n) is 3.17. The van der Waals surface area contributed by atoms with Gasteiger partial charge in [0.15, 0.2) is 0 Å². The van der Waals surface area contributed by atoms with Crippen molar-refractivity contribution in [1.82, 2.24) is 14.9 Å². The number of nitrogens with one attached hydrogen (secondary N) is 1. The largest absolute Gasteiger partial charge is 0.497 e. The van der Waals surface area contributed by atoms with Crippen LogP contribution in [0.5, 0.6) is 5.75 Å². The van der Waals surface area contributed by atoms with Gasteiger partial charge in [-0.05, 0) is 48.7 Å². The standard InChI is InChI=1S/C20H23N3O2/c1-14(16-6-4-7-18(12-16)25-3)23(15(2)24)11-9-17-13-22-20-19(17)8-5-10-21-20/h4-8,10,12-14H,9,11H2,1-3H3,(H,21,22). The Bertz CT molecular complexity index is 872. The maximum Gasteiger partial charge on any atom is 0.219 e. The molecule has 1 N–H and O–H groups in total. The van der Waals surface area contributed by atoms with Crippen LogP contribution in [0.2, 0.25) is 0 Å². The minimum Gasteiger partial charge on any atom is -0.497 e. The number of hydrogen-bond donors (Lipinski definition) is 1. The molecule has 2 heterocycles. The summed E-state index contributed by atoms with van der Waals surface area (Å²) in [7, 11) is 1.65. The van der Waals surface area contributed by atoms with Crippen molar-refractivity contribution in [3.8, 4) is 5.75 Å². The van der Waals surface area contributed by atoms with Gasteiger partial charge < -0.3 is 14.6 Å². The summed E-state index contributed by atoms with van der Waals surface area (Å²) >= 11 is 0. The SMILES string of the molecule is COc1cccc(C(C)N(CCc2c[nH]c3ncccc23)C(C)=O)c1. The molecule has 0 fully saturated rings. The highest BCUT2D eigenvalue weighted by atomic mass is 16.5. The number of nitrogens with zero attached hydrogens (tertiary/aromatic N) is 2. The van der Waals surface area contributed by atoms with Gasteiger partial charge in [-0.3, -0.25) is 4.79 Å². The summed E-state index contributed by atoms with van der Waals surface area (Å²) in [6.45, 7) is 4.32. The molecule has 1 atom stereocenters. The zero-order valence-electron chi connectivity index (χ0n) is 14.8. The van der Waals surface area contributed by atoms with Gasteiger partial charge >= 0.3 is 0 Å². The van der Waals surface area contributed by atoms with E-state index in [1.54, 1.807) is 20.2 Å². The smallest absolute Gasteiger partial charge is 0.219 e. The predicted molar refractivity (Wildman–Crippen MR) is 98.6 cm³/mol. The number of rotatable bonds is 6. The van der Waals surface area contributed by atoms with Gasteiger partial charge in [0.1, 0.15) is 11.4 Å². The van der Waals surface area contributed by atoms with Crippen LogP contribution in [0.4, 0.5) is 0 Å². The second-order valence-electron chi connectivity index (χ2n) is 6.13. The highest BCUT2D eigenvalue weighted by molar-refractivity contribution is 5.79. The molecule has 25 heavy (non-hydrogen) atoms. The van der Waals surface area contributed by atoms with E-state index in [0.717, 1.165) is 28.8 Å². The van der Waals surface area contributed by atoms with Crippen molar-refractivity contribution < 1.29 is 9.53 Å². The number of carbonyl (C=O) groups is 1. The predicted octanol–water partition coefficient (Wildman–Crippen LogP) is 3.72. The summed E-state index contributed by atoms with van der Waals surface area (Å²) in [5, 5.41) is 1.11. The molecule has 1 amide bonds. The van der Waals surface area contributed by atoms with Crippen LogP contribution in [0.3, 0.4) is 0 Å². The Hall–Kier alpha value is -2.82. The maximum atomic E-state index is 12.2. The van der Waals surface area contributed by atoms with Gasteiger partial charge in [0, 0.05) is 31.2 Å². The van der Waals surface area contributed by atoms with Crippen molar-refractivity contribution in [3.63, 3.8) is 0 Å². The zero-order valence-corrected chi connectivity index (χ0v) is 14.8. The van der Waals surface area contributed by atoms with E-state index in [1.165, 1.54) is 5.56 Å². The monoisotopic (exact) mass is 337 g/mol. The van der Waals surface area contributed by atoms with Crippen molar-refractivity contribution in [2.24, 2.45) is 0 Å². The maximum absolute atomic E-state index is 12.2. The Balaban J connectivity index is 1.78. The van der Waals surface area contributed by atoms with Gasteiger partial charge in [0.05, 0.1) is 13.2 Å². The third kappa shape index (κ3) is 3.65. The lowest BCUT2D eigenvalue weighted by molar-refractivity contribution is -0.130. The average molecular weight is 337 g/mol. The molecule has 0 saturated carbocycles. The molecule has 130 valence electrons. The zero-order chi connectivity index (χ0) is 17.8. The summed E-state index contributed by atoms with van der Waals surface area (Å²) in [5.74, 6) is 0.865. The third-order valence-corrected chi connectivity index (χ3v) is 4.61. The number of aromatic nitrogens is 2. The van der Waals surface area contributed by atoms with Crippen molar-refractivity contribution in [2.45, 2.75) is 26.3 Å². The first-order chi connectivity index (χ1) is 12.1. The van der Waals surface area contributed by atoms with Gasteiger partial charge in [-0.15, -0.1) is 0 Å². The number of fused-ring (bicyclic) bond motifs is 1. The molecule has 0 aliphatic heterocycles. The summed E-state index contributed by atoms with van der Waals surface area (Å²) in [6.07, 6.45) is 4.53. The van der Waals surface area contributed by atoms with E-state index >= 15 is 0 Å². The quantitative estimate of drug-likeness (QED) is 0.746. The minimum atomic E-state index is -0.0177. The van der Waals surface area contributed by atoms with Crippen molar-refractivity contribution in [1.29, 1.82) is 0 Å². The van der Waals surface area contributed by atoms with Gasteiger partial charge in [-0.1, -0.05) is 12.1 Å². The van der Waals surface area contributed by atoms with E-state index in [-0.39, 0.29) is 11.9 Å². The molecule has 5 heteroatoms. The normalized spacial score (nSPS) is 12.1. The number of benzene rings is 1. The fraction of sp³-hybridized carbons (Fsp3) is 0.300. The molecule has 5 nitrogen and oxygen atoms in total. The Morgan fingerprint density at radius 2 is 2.16 bits per heavy atom. The minimum absolute atomic E-state index is 0.0177. The lowest BCUT2D eigenvalue weighted by atomic mass is 10.1. The molecule has 2 aromatic heterocycles. The molecule has 0 bridgehead atoms. The second-order valence-corrected chi connectivity index (χ2v) is 6.13. The van der Waals surface area contributed by atoms with Crippen molar-refractivity contribution >= 4 is 16.9 Å². The molecule has 1 aromatic carbocycles. The number of pyridine rings is 1. The number of aromatic amines is 1. The molecule has 1 unspecified atom stereocenters. The van der Waals surface area contributed by atoms with E-state index in [4.69, 9.17) is 4.74 Å². The topological polar surface area (TPSA) is 58.2 Å². The summed E-state index contributed by atoms with van der Waals surface area (Å²) in [6, 6.07) is 11.8. The Morgan fingerprint density at radius 1 is 1.32 bits per heavy atom. The number of hydrogen-bond acceptors (Lipinski definition) is 3. The lowest BCUT2D eigenvalue weighted by Gasteiger charge is -2.29. The molecular formula is C20H23N3O2. The molecule has 0 saturated heterocycles.